The van der Waals surface area contributed by atoms with Crippen LogP contribution in [0.4, 0.5) is 10.5 Å². The van der Waals surface area contributed by atoms with Gasteiger partial charge in [0.25, 0.3) is 0 Å². The Kier molecular flexibility index (Phi) is 5.45. The summed E-state index contributed by atoms with van der Waals surface area (Å²) in [5, 5.41) is 0. The van der Waals surface area contributed by atoms with Crippen LogP contribution in [0.2, 0.25) is 0 Å². The molecule has 0 unspecified atom stereocenters. The van der Waals surface area contributed by atoms with Crippen molar-refractivity contribution in [2.75, 3.05) is 11.4 Å². The fourth-order valence-electron chi connectivity index (χ4n) is 4.59. The van der Waals surface area contributed by atoms with Gasteiger partial charge < -0.3 is 0 Å². The quantitative estimate of drug-likeness (QED) is 0.503. The first kappa shape index (κ1) is 21.1. The van der Waals surface area contributed by atoms with E-state index in [4.69, 9.17) is 4.74 Å². The standard InChI is InChI=1S/C24H22N2O4SSe/c1-30-24(27)25-22(32-18-12-6-3-7-13-18)16-20-19-14-8-9-15-21(19)26(23(20)25)31(28,29)17-10-4-2-5-11-17/h2-15,20,22-23H,16H2,1H3/t20-,22-,23+/m1/s1. The number of fused-ring (bicyclic) bond motifs is 3. The van der Waals surface area contributed by atoms with E-state index in [1.807, 2.05) is 42.5 Å². The molecular formula is C24H22N2O4SSe. The molecule has 3 atom stereocenters. The summed E-state index contributed by atoms with van der Waals surface area (Å²) in [6.45, 7) is 0. The molecule has 32 heavy (non-hydrogen) atoms. The molecule has 0 aliphatic carbocycles. The summed E-state index contributed by atoms with van der Waals surface area (Å²) >= 11 is -0.0586. The molecule has 0 bridgehead atoms. The van der Waals surface area contributed by atoms with E-state index >= 15 is 0 Å². The zero-order chi connectivity index (χ0) is 22.3. The van der Waals surface area contributed by atoms with Crippen molar-refractivity contribution in [3.8, 4) is 0 Å². The summed E-state index contributed by atoms with van der Waals surface area (Å²) in [5.74, 6) is -0.112. The molecule has 1 saturated heterocycles. The summed E-state index contributed by atoms with van der Waals surface area (Å²) in [6.07, 6.45) is -0.464. The molecule has 2 aliphatic heterocycles. The Balaban J connectivity index is 1.62. The van der Waals surface area contributed by atoms with Crippen LogP contribution in [0.3, 0.4) is 0 Å². The molecule has 5 rings (SSSR count). The van der Waals surface area contributed by atoms with E-state index in [2.05, 4.69) is 12.1 Å². The fraction of sp³-hybridized carbons (Fsp3) is 0.208. The van der Waals surface area contributed by atoms with Gasteiger partial charge >= 0.3 is 194 Å². The first-order valence-corrected chi connectivity index (χ1v) is 13.6. The Morgan fingerprint density at radius 2 is 1.56 bits per heavy atom. The van der Waals surface area contributed by atoms with Crippen LogP contribution in [0, 0.1) is 0 Å². The number of sulfonamides is 1. The molecule has 6 nitrogen and oxygen atoms in total. The topological polar surface area (TPSA) is 66.9 Å². The van der Waals surface area contributed by atoms with Gasteiger partial charge in [0.2, 0.25) is 0 Å². The van der Waals surface area contributed by atoms with Gasteiger partial charge in [-0.2, -0.15) is 0 Å². The van der Waals surface area contributed by atoms with Crippen LogP contribution in [-0.4, -0.2) is 52.6 Å². The van der Waals surface area contributed by atoms with Crippen LogP contribution < -0.4 is 8.77 Å². The Bertz CT molecular complexity index is 1240. The van der Waals surface area contributed by atoms with Gasteiger partial charge in [-0.25, -0.2) is 0 Å². The van der Waals surface area contributed by atoms with Crippen molar-refractivity contribution in [3.05, 3.63) is 90.5 Å². The van der Waals surface area contributed by atoms with Gasteiger partial charge in [-0.3, -0.25) is 0 Å². The molecule has 2 heterocycles. The second-order valence-electron chi connectivity index (χ2n) is 7.69. The van der Waals surface area contributed by atoms with Gasteiger partial charge in [-0.05, 0) is 0 Å². The van der Waals surface area contributed by atoms with E-state index < -0.39 is 22.3 Å². The minimum absolute atomic E-state index is 0.0586. The van der Waals surface area contributed by atoms with E-state index in [9.17, 15) is 13.2 Å². The predicted molar refractivity (Wildman–Crippen MR) is 124 cm³/mol. The Morgan fingerprint density at radius 3 is 2.25 bits per heavy atom. The van der Waals surface area contributed by atoms with Crippen LogP contribution in [0.1, 0.15) is 17.9 Å². The van der Waals surface area contributed by atoms with Crippen molar-refractivity contribution in [2.24, 2.45) is 0 Å². The number of carbonyl (C=O) groups is 1. The number of hydrogen-bond donors (Lipinski definition) is 0. The van der Waals surface area contributed by atoms with Crippen molar-refractivity contribution in [1.82, 2.24) is 4.90 Å². The van der Waals surface area contributed by atoms with Crippen LogP contribution in [0.5, 0.6) is 0 Å². The molecule has 0 saturated carbocycles. The zero-order valence-corrected chi connectivity index (χ0v) is 19.9. The van der Waals surface area contributed by atoms with Crippen LogP contribution in [0.25, 0.3) is 0 Å². The molecule has 164 valence electrons. The maximum absolute atomic E-state index is 13.8. The Labute approximate surface area is 194 Å². The number of ether oxygens (including phenoxy) is 1. The summed E-state index contributed by atoms with van der Waals surface area (Å²) < 4.78 is 35.4. The van der Waals surface area contributed by atoms with Crippen LogP contribution in [-0.2, 0) is 14.8 Å². The van der Waals surface area contributed by atoms with Crippen molar-refractivity contribution >= 4 is 41.2 Å². The third-order valence-electron chi connectivity index (χ3n) is 5.93. The summed E-state index contributed by atoms with van der Waals surface area (Å²) in [4.78, 5) is 14.7. The molecule has 2 aliphatic rings. The molecule has 0 aromatic heterocycles. The second-order valence-corrected chi connectivity index (χ2v) is 12.1. The van der Waals surface area contributed by atoms with E-state index in [1.165, 1.54) is 11.4 Å². The molecule has 3 aromatic carbocycles. The van der Waals surface area contributed by atoms with E-state index in [1.54, 1.807) is 35.2 Å². The van der Waals surface area contributed by atoms with Gasteiger partial charge in [0.15, 0.2) is 0 Å². The van der Waals surface area contributed by atoms with Crippen molar-refractivity contribution in [3.63, 3.8) is 0 Å². The first-order chi connectivity index (χ1) is 15.5. The first-order valence-electron chi connectivity index (χ1n) is 10.3. The number of para-hydroxylation sites is 1. The number of hydrogen-bond acceptors (Lipinski definition) is 4. The molecule has 8 heteroatoms. The Morgan fingerprint density at radius 1 is 0.938 bits per heavy atom. The third-order valence-corrected chi connectivity index (χ3v) is 10.3. The number of likely N-dealkylation sites (tertiary alicyclic amines) is 1. The predicted octanol–water partition coefficient (Wildman–Crippen LogP) is 3.13. The monoisotopic (exact) mass is 514 g/mol. The van der Waals surface area contributed by atoms with Gasteiger partial charge in [0.05, 0.1) is 0 Å². The Hall–Kier alpha value is -2.80. The molecule has 3 aromatic rings. The van der Waals surface area contributed by atoms with Crippen molar-refractivity contribution < 1.29 is 17.9 Å². The molecule has 0 N–H and O–H groups in total. The SMILES string of the molecule is COC(=O)N1[C@H]([Se]c2ccccc2)C[C@@H]2c3ccccc3N(S(=O)(=O)c3ccccc3)[C@@H]21. The average molecular weight is 513 g/mol. The van der Waals surface area contributed by atoms with Crippen molar-refractivity contribution in [1.29, 1.82) is 0 Å². The number of anilines is 1. The third kappa shape index (κ3) is 3.39. The molecule has 1 fully saturated rings. The molecule has 1 amide bonds. The summed E-state index contributed by atoms with van der Waals surface area (Å²) in [5.41, 5.74) is 1.59. The number of carbonyl (C=O) groups excluding carboxylic acids is 1. The van der Waals surface area contributed by atoms with Crippen molar-refractivity contribution in [2.45, 2.75) is 28.3 Å². The average Bonchev–Trinajstić information content (AvgIpc) is 3.34. The van der Waals surface area contributed by atoms with Gasteiger partial charge in [0, 0.05) is 0 Å². The van der Waals surface area contributed by atoms with Gasteiger partial charge in [-0.1, -0.05) is 0 Å². The summed E-state index contributed by atoms with van der Waals surface area (Å²) in [7, 11) is -2.54. The molecular weight excluding hydrogens is 491 g/mol. The number of benzene rings is 3. The maximum atomic E-state index is 13.8. The number of amides is 1. The number of methoxy groups -OCH3 is 1. The number of nitrogens with zero attached hydrogens (tertiary/aromatic N) is 2. The normalized spacial score (nSPS) is 21.8. The van der Waals surface area contributed by atoms with E-state index in [0.29, 0.717) is 12.1 Å². The van der Waals surface area contributed by atoms with Crippen LogP contribution >= 0.6 is 0 Å². The molecule has 0 spiro atoms. The van der Waals surface area contributed by atoms with Gasteiger partial charge in [-0.15, -0.1) is 0 Å². The van der Waals surface area contributed by atoms with Gasteiger partial charge in [0.1, 0.15) is 0 Å². The fourth-order valence-corrected chi connectivity index (χ4v) is 8.92. The van der Waals surface area contributed by atoms with E-state index in [-0.39, 0.29) is 30.7 Å². The zero-order valence-electron chi connectivity index (χ0n) is 17.4. The second kappa shape index (κ2) is 8.28. The minimum atomic E-state index is -3.89. The van der Waals surface area contributed by atoms with Crippen LogP contribution in [0.15, 0.2) is 89.8 Å². The van der Waals surface area contributed by atoms with E-state index in [0.717, 1.165) is 10.0 Å². The molecule has 0 radical (unpaired) electrons. The summed E-state index contributed by atoms with van der Waals surface area (Å²) in [6, 6.07) is 26.0. The number of rotatable bonds is 4.